The lowest BCUT2D eigenvalue weighted by Gasteiger charge is -2.08. The van der Waals surface area contributed by atoms with Gasteiger partial charge in [-0.2, -0.15) is 26.3 Å². The normalized spacial score (nSPS) is 10.5. The van der Waals surface area contributed by atoms with Crippen LogP contribution in [0, 0.1) is 0 Å². The fourth-order valence-electron chi connectivity index (χ4n) is 1.43. The lowest BCUT2D eigenvalue weighted by molar-refractivity contribution is 0.312. The van der Waals surface area contributed by atoms with Gasteiger partial charge in [-0.25, -0.2) is 0 Å². The van der Waals surface area contributed by atoms with E-state index in [2.05, 4.69) is 43.1 Å². The highest BCUT2D eigenvalue weighted by molar-refractivity contribution is 9.10. The number of hydrogen-bond donors (Lipinski definition) is 1. The maximum atomic E-state index is 5.39. The molecular formula is C12H15BrN4OS. The van der Waals surface area contributed by atoms with Gasteiger partial charge in [0.15, 0.2) is 5.82 Å². The van der Waals surface area contributed by atoms with Crippen molar-refractivity contribution in [3.8, 4) is 17.4 Å². The van der Waals surface area contributed by atoms with E-state index in [0.717, 1.165) is 23.0 Å². The highest BCUT2D eigenvalue weighted by Crippen LogP contribution is 2.30. The fourth-order valence-corrected chi connectivity index (χ4v) is 2.88. The average molecular weight is 343 g/mol. The summed E-state index contributed by atoms with van der Waals surface area (Å²) in [4.78, 5) is 13.0. The Labute approximate surface area is 124 Å². The highest BCUT2D eigenvalue weighted by atomic mass is 79.9. The summed E-state index contributed by atoms with van der Waals surface area (Å²) in [6.07, 6.45) is 1.01. The van der Waals surface area contributed by atoms with E-state index in [1.54, 1.807) is 11.3 Å². The average Bonchev–Trinajstić information content (AvgIpc) is 2.83. The minimum Gasteiger partial charge on any atom is -0.464 e. The van der Waals surface area contributed by atoms with Crippen molar-refractivity contribution < 1.29 is 4.74 Å². The van der Waals surface area contributed by atoms with Gasteiger partial charge >= 0.3 is 6.01 Å². The Morgan fingerprint density at radius 1 is 1.26 bits per heavy atom. The van der Waals surface area contributed by atoms with Crippen LogP contribution in [0.15, 0.2) is 15.2 Å². The Kier molecular flexibility index (Phi) is 5.09. The molecule has 2 rings (SSSR count). The van der Waals surface area contributed by atoms with Gasteiger partial charge in [-0.1, -0.05) is 6.92 Å². The van der Waals surface area contributed by atoms with Crippen LogP contribution in [0.3, 0.4) is 0 Å². The molecule has 2 heterocycles. The van der Waals surface area contributed by atoms with Gasteiger partial charge < -0.3 is 10.1 Å². The minimum atomic E-state index is 0.351. The van der Waals surface area contributed by atoms with Crippen LogP contribution in [0.4, 0.5) is 5.95 Å². The smallest absolute Gasteiger partial charge is 0.321 e. The second kappa shape index (κ2) is 6.81. The number of hydrogen-bond acceptors (Lipinski definition) is 6. The zero-order valence-electron chi connectivity index (χ0n) is 10.8. The van der Waals surface area contributed by atoms with E-state index >= 15 is 0 Å². The Bertz CT molecular complexity index is 546. The van der Waals surface area contributed by atoms with Gasteiger partial charge in [-0.15, -0.1) is 0 Å². The number of halogens is 1. The largest absolute Gasteiger partial charge is 0.464 e. The number of nitrogens with zero attached hydrogens (tertiary/aromatic N) is 3. The van der Waals surface area contributed by atoms with Crippen molar-refractivity contribution in [2.75, 3.05) is 18.5 Å². The summed E-state index contributed by atoms with van der Waals surface area (Å²) < 4.78 is 6.37. The Hall–Kier alpha value is -1.21. The number of nitrogens with one attached hydrogen (secondary N) is 1. The van der Waals surface area contributed by atoms with Crippen molar-refractivity contribution in [1.29, 1.82) is 0 Å². The van der Waals surface area contributed by atoms with Crippen molar-refractivity contribution in [2.24, 2.45) is 0 Å². The summed E-state index contributed by atoms with van der Waals surface area (Å²) in [5.41, 5.74) is 0.952. The SMILES string of the molecule is CCCNc1nc(OCC)nc(-c2cscc2Br)n1. The first-order valence-electron chi connectivity index (χ1n) is 6.09. The molecule has 0 saturated heterocycles. The molecule has 2 aromatic rings. The molecular weight excluding hydrogens is 328 g/mol. The number of aromatic nitrogens is 3. The van der Waals surface area contributed by atoms with Crippen LogP contribution >= 0.6 is 27.3 Å². The van der Waals surface area contributed by atoms with Crippen molar-refractivity contribution in [2.45, 2.75) is 20.3 Å². The molecule has 0 amide bonds. The van der Waals surface area contributed by atoms with Gasteiger partial charge in [0.05, 0.1) is 6.61 Å². The van der Waals surface area contributed by atoms with E-state index in [4.69, 9.17) is 4.74 Å². The summed E-state index contributed by atoms with van der Waals surface area (Å²) in [7, 11) is 0. The first kappa shape index (κ1) is 14.2. The molecule has 1 N–H and O–H groups in total. The van der Waals surface area contributed by atoms with Gasteiger partial charge in [0.2, 0.25) is 5.95 Å². The summed E-state index contributed by atoms with van der Waals surface area (Å²) in [5, 5.41) is 7.16. The third kappa shape index (κ3) is 3.63. The molecule has 0 aliphatic carbocycles. The predicted octanol–water partition coefficient (Wildman–Crippen LogP) is 3.58. The van der Waals surface area contributed by atoms with Crippen LogP contribution < -0.4 is 10.1 Å². The highest BCUT2D eigenvalue weighted by Gasteiger charge is 2.12. The molecule has 19 heavy (non-hydrogen) atoms. The van der Waals surface area contributed by atoms with E-state index in [9.17, 15) is 0 Å². The molecule has 0 fully saturated rings. The topological polar surface area (TPSA) is 59.9 Å². The van der Waals surface area contributed by atoms with Crippen LogP contribution in [-0.2, 0) is 0 Å². The lowest BCUT2D eigenvalue weighted by atomic mass is 10.3. The molecule has 5 nitrogen and oxygen atoms in total. The molecule has 0 aromatic carbocycles. The van der Waals surface area contributed by atoms with E-state index in [1.807, 2.05) is 17.7 Å². The summed E-state index contributed by atoms with van der Waals surface area (Å²) >= 11 is 5.09. The second-order valence-electron chi connectivity index (χ2n) is 3.76. The standard InChI is InChI=1S/C12H15BrN4OS/c1-3-5-14-11-15-10(8-6-19-7-9(8)13)16-12(17-11)18-4-2/h6-7H,3-5H2,1-2H3,(H,14,15,16,17). The molecule has 0 spiro atoms. The number of rotatable bonds is 6. The van der Waals surface area contributed by atoms with Crippen molar-refractivity contribution in [3.05, 3.63) is 15.2 Å². The van der Waals surface area contributed by atoms with Crippen LogP contribution in [-0.4, -0.2) is 28.1 Å². The van der Waals surface area contributed by atoms with E-state index in [0.29, 0.717) is 24.4 Å². The summed E-state index contributed by atoms with van der Waals surface area (Å²) in [6.45, 7) is 5.35. The fraction of sp³-hybridized carbons (Fsp3) is 0.417. The van der Waals surface area contributed by atoms with Crippen LogP contribution in [0.5, 0.6) is 6.01 Å². The molecule has 0 bridgehead atoms. The number of thiophene rings is 1. The zero-order chi connectivity index (χ0) is 13.7. The molecule has 7 heteroatoms. The molecule has 102 valence electrons. The van der Waals surface area contributed by atoms with E-state index in [-0.39, 0.29) is 0 Å². The van der Waals surface area contributed by atoms with Crippen LogP contribution in [0.1, 0.15) is 20.3 Å². The number of anilines is 1. The summed E-state index contributed by atoms with van der Waals surface area (Å²) in [6, 6.07) is 0.351. The van der Waals surface area contributed by atoms with Crippen LogP contribution in [0.2, 0.25) is 0 Å². The van der Waals surface area contributed by atoms with Crippen LogP contribution in [0.25, 0.3) is 11.4 Å². The predicted molar refractivity (Wildman–Crippen MR) is 80.8 cm³/mol. The first-order valence-corrected chi connectivity index (χ1v) is 7.83. The first-order chi connectivity index (χ1) is 9.24. The molecule has 0 atom stereocenters. The molecule has 0 aliphatic rings. The number of ether oxygens (including phenoxy) is 1. The molecule has 0 aliphatic heterocycles. The van der Waals surface area contributed by atoms with Crippen molar-refractivity contribution in [1.82, 2.24) is 15.0 Å². The monoisotopic (exact) mass is 342 g/mol. The summed E-state index contributed by atoms with van der Waals surface area (Å²) in [5.74, 6) is 1.17. The van der Waals surface area contributed by atoms with E-state index < -0.39 is 0 Å². The maximum absolute atomic E-state index is 5.39. The third-order valence-corrected chi connectivity index (χ3v) is 3.98. The van der Waals surface area contributed by atoms with Crippen molar-refractivity contribution >= 4 is 33.2 Å². The minimum absolute atomic E-state index is 0.351. The van der Waals surface area contributed by atoms with Crippen molar-refractivity contribution in [3.63, 3.8) is 0 Å². The third-order valence-electron chi connectivity index (χ3n) is 2.28. The maximum Gasteiger partial charge on any atom is 0.321 e. The quantitative estimate of drug-likeness (QED) is 0.869. The van der Waals surface area contributed by atoms with Gasteiger partial charge in [-0.05, 0) is 29.3 Å². The van der Waals surface area contributed by atoms with Gasteiger partial charge in [0.25, 0.3) is 0 Å². The van der Waals surface area contributed by atoms with Gasteiger partial charge in [0, 0.05) is 27.3 Å². The molecule has 0 saturated carbocycles. The molecule has 0 radical (unpaired) electrons. The van der Waals surface area contributed by atoms with Gasteiger partial charge in [-0.3, -0.25) is 0 Å². The Morgan fingerprint density at radius 2 is 2.11 bits per heavy atom. The molecule has 0 unspecified atom stereocenters. The molecule has 2 aromatic heterocycles. The zero-order valence-corrected chi connectivity index (χ0v) is 13.2. The van der Waals surface area contributed by atoms with Gasteiger partial charge in [0.1, 0.15) is 0 Å². The van der Waals surface area contributed by atoms with E-state index in [1.165, 1.54) is 0 Å². The lowest BCUT2D eigenvalue weighted by Crippen LogP contribution is -2.08. The Morgan fingerprint density at radius 3 is 2.74 bits per heavy atom. The second-order valence-corrected chi connectivity index (χ2v) is 5.36. The Balaban J connectivity index is 2.36.